The molecule has 1 amide bonds. The van der Waals surface area contributed by atoms with Crippen LogP contribution in [0.4, 0.5) is 0 Å². The van der Waals surface area contributed by atoms with Crippen molar-refractivity contribution in [2.45, 2.75) is 19.1 Å². The van der Waals surface area contributed by atoms with Crippen molar-refractivity contribution in [1.82, 2.24) is 14.7 Å². The van der Waals surface area contributed by atoms with Crippen LogP contribution in [0, 0.1) is 0 Å². The molecule has 0 aliphatic carbocycles. The molecule has 1 aliphatic rings. The summed E-state index contributed by atoms with van der Waals surface area (Å²) in [6.07, 6.45) is -0.703. The van der Waals surface area contributed by atoms with Crippen LogP contribution in [0.3, 0.4) is 0 Å². The second-order valence-corrected chi connectivity index (χ2v) is 6.04. The number of carbonyl (C=O) groups excluding carboxylic acids is 1. The Morgan fingerprint density at radius 1 is 1.19 bits per heavy atom. The van der Waals surface area contributed by atoms with Crippen molar-refractivity contribution in [2.75, 3.05) is 19.7 Å². The quantitative estimate of drug-likeness (QED) is 0.841. The van der Waals surface area contributed by atoms with Crippen LogP contribution in [0.25, 0.3) is 0 Å². The van der Waals surface area contributed by atoms with Crippen LogP contribution in [0.15, 0.2) is 47.3 Å². The Balaban J connectivity index is 1.76. The summed E-state index contributed by atoms with van der Waals surface area (Å²) >= 11 is 0. The summed E-state index contributed by atoms with van der Waals surface area (Å²) in [5.41, 5.74) is 0.757. The number of morpholine rings is 1. The second-order valence-electron chi connectivity index (χ2n) is 6.04. The lowest BCUT2D eigenvalue weighted by Gasteiger charge is -2.32. The van der Waals surface area contributed by atoms with Gasteiger partial charge in [0.1, 0.15) is 5.69 Å². The zero-order valence-corrected chi connectivity index (χ0v) is 14.1. The number of carboxylic acid groups (broad SMARTS) is 1. The summed E-state index contributed by atoms with van der Waals surface area (Å²) < 4.78 is 6.62. The molecule has 3 rings (SSSR count). The van der Waals surface area contributed by atoms with Crippen LogP contribution in [0.1, 0.15) is 22.5 Å². The number of rotatable bonds is 5. The van der Waals surface area contributed by atoms with Crippen LogP contribution in [-0.4, -0.2) is 57.5 Å². The van der Waals surface area contributed by atoms with E-state index in [4.69, 9.17) is 9.84 Å². The molecule has 1 fully saturated rings. The number of benzene rings is 1. The van der Waals surface area contributed by atoms with Gasteiger partial charge in [0.15, 0.2) is 0 Å². The van der Waals surface area contributed by atoms with Gasteiger partial charge in [0, 0.05) is 19.2 Å². The minimum absolute atomic E-state index is 0.150. The first-order valence-corrected chi connectivity index (χ1v) is 8.27. The molecule has 26 heavy (non-hydrogen) atoms. The molecule has 0 saturated carbocycles. The van der Waals surface area contributed by atoms with Crippen molar-refractivity contribution in [1.29, 1.82) is 0 Å². The standard InChI is InChI=1S/C18H19N3O5/c22-16-7-6-15(19-21(16)11-13-4-2-1-3-5-13)18(25)20-8-9-26-14(12-20)10-17(23)24/h1-7,14H,8-12H2,(H,23,24). The fourth-order valence-corrected chi connectivity index (χ4v) is 2.82. The summed E-state index contributed by atoms with van der Waals surface area (Å²) in [5.74, 6) is -1.32. The normalized spacial score (nSPS) is 17.1. The number of aromatic nitrogens is 2. The van der Waals surface area contributed by atoms with Gasteiger partial charge >= 0.3 is 5.97 Å². The lowest BCUT2D eigenvalue weighted by molar-refractivity contribution is -0.141. The molecule has 1 N–H and O–H groups in total. The molecular weight excluding hydrogens is 338 g/mol. The van der Waals surface area contributed by atoms with Crippen LogP contribution in [0.5, 0.6) is 0 Å². The number of ether oxygens (including phenoxy) is 1. The first-order valence-electron chi connectivity index (χ1n) is 8.27. The highest BCUT2D eigenvalue weighted by molar-refractivity contribution is 5.92. The highest BCUT2D eigenvalue weighted by atomic mass is 16.5. The largest absolute Gasteiger partial charge is 0.481 e. The molecule has 0 spiro atoms. The Hall–Kier alpha value is -3.00. The molecule has 1 aliphatic heterocycles. The summed E-state index contributed by atoms with van der Waals surface area (Å²) in [7, 11) is 0. The van der Waals surface area contributed by atoms with Gasteiger partial charge in [-0.2, -0.15) is 5.10 Å². The molecule has 2 heterocycles. The Bertz CT molecular complexity index is 849. The molecule has 0 radical (unpaired) electrons. The molecule has 1 saturated heterocycles. The molecular formula is C18H19N3O5. The zero-order valence-electron chi connectivity index (χ0n) is 14.1. The predicted molar refractivity (Wildman–Crippen MR) is 91.9 cm³/mol. The van der Waals surface area contributed by atoms with Gasteiger partial charge in [0.05, 0.1) is 25.7 Å². The molecule has 8 nitrogen and oxygen atoms in total. The van der Waals surface area contributed by atoms with E-state index < -0.39 is 12.1 Å². The van der Waals surface area contributed by atoms with Gasteiger partial charge in [-0.15, -0.1) is 0 Å². The van der Waals surface area contributed by atoms with Crippen molar-refractivity contribution in [3.05, 3.63) is 64.1 Å². The summed E-state index contributed by atoms with van der Waals surface area (Å²) in [4.78, 5) is 37.1. The van der Waals surface area contributed by atoms with E-state index in [-0.39, 0.29) is 43.3 Å². The molecule has 1 atom stereocenters. The molecule has 8 heteroatoms. The Morgan fingerprint density at radius 2 is 1.96 bits per heavy atom. The smallest absolute Gasteiger partial charge is 0.306 e. The van der Waals surface area contributed by atoms with E-state index in [0.717, 1.165) is 5.56 Å². The van der Waals surface area contributed by atoms with E-state index in [1.807, 2.05) is 30.3 Å². The first-order chi connectivity index (χ1) is 12.5. The molecule has 0 bridgehead atoms. The van der Waals surface area contributed by atoms with Crippen LogP contribution in [-0.2, 0) is 16.1 Å². The van der Waals surface area contributed by atoms with Gasteiger partial charge in [-0.1, -0.05) is 30.3 Å². The van der Waals surface area contributed by atoms with Crippen LogP contribution < -0.4 is 5.56 Å². The summed E-state index contributed by atoms with van der Waals surface area (Å²) in [5, 5.41) is 13.1. The van der Waals surface area contributed by atoms with Crippen molar-refractivity contribution in [3.8, 4) is 0 Å². The third-order valence-electron chi connectivity index (χ3n) is 4.09. The third kappa shape index (κ3) is 4.34. The summed E-state index contributed by atoms with van der Waals surface area (Å²) in [6.45, 7) is 1.08. The maximum atomic E-state index is 12.7. The highest BCUT2D eigenvalue weighted by Crippen LogP contribution is 2.11. The van der Waals surface area contributed by atoms with E-state index >= 15 is 0 Å². The van der Waals surface area contributed by atoms with Crippen molar-refractivity contribution < 1.29 is 19.4 Å². The lowest BCUT2D eigenvalue weighted by Crippen LogP contribution is -2.46. The number of nitrogens with zero attached hydrogens (tertiary/aromatic N) is 3. The SMILES string of the molecule is O=C(O)CC1CN(C(=O)c2ccc(=O)n(Cc3ccccc3)n2)CCO1. The van der Waals surface area contributed by atoms with Crippen molar-refractivity contribution in [3.63, 3.8) is 0 Å². The number of carboxylic acids is 1. The maximum Gasteiger partial charge on any atom is 0.306 e. The first kappa shape index (κ1) is 17.8. The zero-order chi connectivity index (χ0) is 18.5. The summed E-state index contributed by atoms with van der Waals surface area (Å²) in [6, 6.07) is 12.1. The Labute approximate surface area is 149 Å². The lowest BCUT2D eigenvalue weighted by atomic mass is 10.2. The molecule has 1 aromatic heterocycles. The van der Waals surface area contributed by atoms with Gasteiger partial charge in [0.25, 0.3) is 11.5 Å². The van der Waals surface area contributed by atoms with E-state index in [9.17, 15) is 14.4 Å². The topological polar surface area (TPSA) is 102 Å². The number of amides is 1. The predicted octanol–water partition coefficient (Wildman–Crippen LogP) is 0.607. The van der Waals surface area contributed by atoms with Gasteiger partial charge < -0.3 is 14.7 Å². The van der Waals surface area contributed by atoms with Crippen LogP contribution in [0.2, 0.25) is 0 Å². The monoisotopic (exact) mass is 357 g/mol. The minimum Gasteiger partial charge on any atom is -0.481 e. The molecule has 2 aromatic rings. The fourth-order valence-electron chi connectivity index (χ4n) is 2.82. The third-order valence-corrected chi connectivity index (χ3v) is 4.09. The van der Waals surface area contributed by atoms with Gasteiger partial charge in [-0.3, -0.25) is 14.4 Å². The second kappa shape index (κ2) is 7.92. The average Bonchev–Trinajstić information content (AvgIpc) is 2.63. The number of aliphatic carboxylic acids is 1. The van der Waals surface area contributed by atoms with Crippen LogP contribution >= 0.6 is 0 Å². The number of hydrogen-bond donors (Lipinski definition) is 1. The Kier molecular flexibility index (Phi) is 5.43. The number of carbonyl (C=O) groups is 2. The molecule has 1 unspecified atom stereocenters. The van der Waals surface area contributed by atoms with Gasteiger partial charge in [-0.25, -0.2) is 4.68 Å². The van der Waals surface area contributed by atoms with Gasteiger partial charge in [-0.05, 0) is 11.6 Å². The molecule has 1 aromatic carbocycles. The molecule has 136 valence electrons. The van der Waals surface area contributed by atoms with E-state index in [0.29, 0.717) is 6.54 Å². The fraction of sp³-hybridized carbons (Fsp3) is 0.333. The van der Waals surface area contributed by atoms with E-state index in [1.54, 1.807) is 0 Å². The highest BCUT2D eigenvalue weighted by Gasteiger charge is 2.27. The number of hydrogen-bond acceptors (Lipinski definition) is 5. The van der Waals surface area contributed by atoms with Gasteiger partial charge in [0.2, 0.25) is 0 Å². The maximum absolute atomic E-state index is 12.7. The van der Waals surface area contributed by atoms with E-state index in [2.05, 4.69) is 5.10 Å². The van der Waals surface area contributed by atoms with Crippen molar-refractivity contribution in [2.24, 2.45) is 0 Å². The van der Waals surface area contributed by atoms with E-state index in [1.165, 1.54) is 21.7 Å². The Morgan fingerprint density at radius 3 is 2.69 bits per heavy atom. The average molecular weight is 357 g/mol. The minimum atomic E-state index is -0.973. The van der Waals surface area contributed by atoms with Crippen molar-refractivity contribution >= 4 is 11.9 Å².